The van der Waals surface area contributed by atoms with Crippen LogP contribution in [-0.4, -0.2) is 6.04 Å². The number of rotatable bonds is 6. The van der Waals surface area contributed by atoms with Crippen LogP contribution in [0.5, 0.6) is 0 Å². The van der Waals surface area contributed by atoms with Gasteiger partial charge in [0.1, 0.15) is 0 Å². The van der Waals surface area contributed by atoms with E-state index in [-0.39, 0.29) is 0 Å². The Morgan fingerprint density at radius 2 is 2.06 bits per heavy atom. The van der Waals surface area contributed by atoms with Crippen LogP contribution in [0, 0.1) is 17.2 Å². The lowest BCUT2D eigenvalue weighted by molar-refractivity contribution is 0.461. The van der Waals surface area contributed by atoms with Gasteiger partial charge in [0.25, 0.3) is 0 Å². The minimum absolute atomic E-state index is 0.490. The van der Waals surface area contributed by atoms with Crippen LogP contribution in [0.4, 0.5) is 5.69 Å². The van der Waals surface area contributed by atoms with Crippen LogP contribution in [0.1, 0.15) is 45.6 Å². The van der Waals surface area contributed by atoms with Crippen LogP contribution in [0.25, 0.3) is 0 Å². The molecule has 0 aromatic heterocycles. The Morgan fingerprint density at radius 1 is 1.33 bits per heavy atom. The first-order valence-corrected chi connectivity index (χ1v) is 7.36. The van der Waals surface area contributed by atoms with Gasteiger partial charge in [-0.05, 0) is 52.9 Å². The SMILES string of the molecule is CCC(C)CC(CC)Nc1ccc(C#N)cc1Br. The van der Waals surface area contributed by atoms with Gasteiger partial charge in [-0.15, -0.1) is 0 Å². The Bertz CT molecular complexity index is 423. The molecular weight excluding hydrogens is 288 g/mol. The van der Waals surface area contributed by atoms with Crippen LogP contribution in [-0.2, 0) is 0 Å². The third kappa shape index (κ3) is 4.34. The minimum atomic E-state index is 0.490. The lowest BCUT2D eigenvalue weighted by atomic mass is 9.97. The minimum Gasteiger partial charge on any atom is -0.381 e. The van der Waals surface area contributed by atoms with Crippen molar-refractivity contribution in [2.75, 3.05) is 5.32 Å². The van der Waals surface area contributed by atoms with Crippen molar-refractivity contribution in [1.29, 1.82) is 5.26 Å². The van der Waals surface area contributed by atoms with Crippen LogP contribution in [0.15, 0.2) is 22.7 Å². The van der Waals surface area contributed by atoms with E-state index in [2.05, 4.69) is 48.1 Å². The normalized spacial score (nSPS) is 13.7. The summed E-state index contributed by atoms with van der Waals surface area (Å²) >= 11 is 3.52. The molecule has 2 nitrogen and oxygen atoms in total. The highest BCUT2D eigenvalue weighted by molar-refractivity contribution is 9.10. The third-order valence-electron chi connectivity index (χ3n) is 3.33. The highest BCUT2D eigenvalue weighted by Gasteiger charge is 2.11. The molecule has 3 heteroatoms. The number of nitrogens with zero attached hydrogens (tertiary/aromatic N) is 1. The van der Waals surface area contributed by atoms with Crippen molar-refractivity contribution in [3.05, 3.63) is 28.2 Å². The van der Waals surface area contributed by atoms with Gasteiger partial charge in [0.2, 0.25) is 0 Å². The molecule has 0 aliphatic carbocycles. The predicted molar refractivity (Wildman–Crippen MR) is 80.6 cm³/mol. The Morgan fingerprint density at radius 3 is 2.56 bits per heavy atom. The highest BCUT2D eigenvalue weighted by atomic mass is 79.9. The fourth-order valence-electron chi connectivity index (χ4n) is 1.90. The number of hydrogen-bond acceptors (Lipinski definition) is 2. The van der Waals surface area contributed by atoms with Gasteiger partial charge in [0.05, 0.1) is 11.6 Å². The smallest absolute Gasteiger partial charge is 0.0992 e. The summed E-state index contributed by atoms with van der Waals surface area (Å²) in [5, 5.41) is 12.4. The number of anilines is 1. The van der Waals surface area contributed by atoms with E-state index in [9.17, 15) is 0 Å². The maximum absolute atomic E-state index is 8.84. The summed E-state index contributed by atoms with van der Waals surface area (Å²) < 4.78 is 0.962. The van der Waals surface area contributed by atoms with Gasteiger partial charge in [0.15, 0.2) is 0 Å². The fourth-order valence-corrected chi connectivity index (χ4v) is 2.39. The molecule has 2 unspecified atom stereocenters. The molecule has 0 spiro atoms. The molecule has 1 aromatic carbocycles. The van der Waals surface area contributed by atoms with Crippen molar-refractivity contribution in [1.82, 2.24) is 0 Å². The number of nitrogens with one attached hydrogen (secondary N) is 1. The summed E-state index contributed by atoms with van der Waals surface area (Å²) in [6.45, 7) is 6.73. The first kappa shape index (κ1) is 15.0. The maximum atomic E-state index is 8.84. The van der Waals surface area contributed by atoms with Gasteiger partial charge in [-0.2, -0.15) is 5.26 Å². The van der Waals surface area contributed by atoms with Crippen molar-refractivity contribution in [2.45, 2.75) is 46.1 Å². The second kappa shape index (κ2) is 7.43. The first-order chi connectivity index (χ1) is 8.60. The van der Waals surface area contributed by atoms with E-state index >= 15 is 0 Å². The van der Waals surface area contributed by atoms with Crippen LogP contribution in [0.2, 0.25) is 0 Å². The van der Waals surface area contributed by atoms with E-state index in [0.29, 0.717) is 11.6 Å². The van der Waals surface area contributed by atoms with Crippen molar-refractivity contribution >= 4 is 21.6 Å². The van der Waals surface area contributed by atoms with Gasteiger partial charge in [0, 0.05) is 16.2 Å². The van der Waals surface area contributed by atoms with Crippen molar-refractivity contribution < 1.29 is 0 Å². The van der Waals surface area contributed by atoms with E-state index in [1.807, 2.05) is 18.2 Å². The Kier molecular flexibility index (Phi) is 6.21. The predicted octanol–water partition coefficient (Wildman–Crippen LogP) is 4.95. The average molecular weight is 309 g/mol. The molecular formula is C15H21BrN2. The molecule has 0 aliphatic rings. The lowest BCUT2D eigenvalue weighted by Gasteiger charge is -2.22. The quantitative estimate of drug-likeness (QED) is 0.807. The molecule has 0 saturated carbocycles. The molecule has 0 saturated heterocycles. The summed E-state index contributed by atoms with van der Waals surface area (Å²) in [7, 11) is 0. The Labute approximate surface area is 119 Å². The average Bonchev–Trinajstić information content (AvgIpc) is 2.39. The van der Waals surface area contributed by atoms with Crippen LogP contribution < -0.4 is 5.32 Å². The lowest BCUT2D eigenvalue weighted by Crippen LogP contribution is -2.21. The number of halogens is 1. The second-order valence-corrected chi connectivity index (χ2v) is 5.66. The van der Waals surface area contributed by atoms with Crippen LogP contribution >= 0.6 is 15.9 Å². The molecule has 98 valence electrons. The summed E-state index contributed by atoms with van der Waals surface area (Å²) in [4.78, 5) is 0. The van der Waals surface area contributed by atoms with E-state index in [4.69, 9.17) is 5.26 Å². The summed E-state index contributed by atoms with van der Waals surface area (Å²) in [5.74, 6) is 0.736. The van der Waals surface area contributed by atoms with Gasteiger partial charge >= 0.3 is 0 Å². The standard InChI is InChI=1S/C15H21BrN2/c1-4-11(3)8-13(5-2)18-15-7-6-12(10-17)9-14(15)16/h6-7,9,11,13,18H,4-5,8H2,1-3H3. The number of nitriles is 1. The molecule has 0 amide bonds. The van der Waals surface area contributed by atoms with Gasteiger partial charge in [-0.25, -0.2) is 0 Å². The van der Waals surface area contributed by atoms with E-state index in [1.54, 1.807) is 0 Å². The Balaban J connectivity index is 2.73. The molecule has 1 N–H and O–H groups in total. The summed E-state index contributed by atoms with van der Waals surface area (Å²) in [5.41, 5.74) is 1.76. The van der Waals surface area contributed by atoms with E-state index in [1.165, 1.54) is 12.8 Å². The van der Waals surface area contributed by atoms with Crippen molar-refractivity contribution in [2.24, 2.45) is 5.92 Å². The zero-order valence-corrected chi connectivity index (χ0v) is 12.9. The molecule has 1 aromatic rings. The van der Waals surface area contributed by atoms with Crippen molar-refractivity contribution in [3.63, 3.8) is 0 Å². The highest BCUT2D eigenvalue weighted by Crippen LogP contribution is 2.26. The molecule has 0 fully saturated rings. The largest absolute Gasteiger partial charge is 0.381 e. The molecule has 0 bridgehead atoms. The third-order valence-corrected chi connectivity index (χ3v) is 3.99. The van der Waals surface area contributed by atoms with Crippen molar-refractivity contribution in [3.8, 4) is 6.07 Å². The van der Waals surface area contributed by atoms with Gasteiger partial charge < -0.3 is 5.32 Å². The van der Waals surface area contributed by atoms with Crippen LogP contribution in [0.3, 0.4) is 0 Å². The number of benzene rings is 1. The zero-order valence-electron chi connectivity index (χ0n) is 11.3. The molecule has 18 heavy (non-hydrogen) atoms. The second-order valence-electron chi connectivity index (χ2n) is 4.81. The number of hydrogen-bond donors (Lipinski definition) is 1. The van der Waals surface area contributed by atoms with E-state index < -0.39 is 0 Å². The summed E-state index contributed by atoms with van der Waals surface area (Å²) in [6.07, 6.45) is 3.50. The van der Waals surface area contributed by atoms with E-state index in [0.717, 1.165) is 22.5 Å². The molecule has 0 heterocycles. The molecule has 0 radical (unpaired) electrons. The zero-order chi connectivity index (χ0) is 13.5. The molecule has 1 rings (SSSR count). The van der Waals surface area contributed by atoms with Gasteiger partial charge in [-0.3, -0.25) is 0 Å². The maximum Gasteiger partial charge on any atom is 0.0992 e. The molecule has 0 aliphatic heterocycles. The molecule has 2 atom stereocenters. The Hall–Kier alpha value is -1.01. The first-order valence-electron chi connectivity index (χ1n) is 6.56. The van der Waals surface area contributed by atoms with Gasteiger partial charge in [-0.1, -0.05) is 27.2 Å². The summed E-state index contributed by atoms with van der Waals surface area (Å²) in [6, 6.07) is 8.32. The topological polar surface area (TPSA) is 35.8 Å². The monoisotopic (exact) mass is 308 g/mol. The fraction of sp³-hybridized carbons (Fsp3) is 0.533.